The highest BCUT2D eigenvalue weighted by atomic mass is 16.5. The van der Waals surface area contributed by atoms with E-state index in [4.69, 9.17) is 14.2 Å². The Morgan fingerprint density at radius 3 is 2.04 bits per heavy atom. The highest BCUT2D eigenvalue weighted by Gasteiger charge is 2.20. The summed E-state index contributed by atoms with van der Waals surface area (Å²) in [5.74, 6) is 0.905. The molecule has 0 saturated carbocycles. The Hall–Kier alpha value is -2.44. The van der Waals surface area contributed by atoms with Crippen LogP contribution in [0.3, 0.4) is 0 Å². The third-order valence-corrected chi connectivity index (χ3v) is 3.79. The molecule has 0 aliphatic carbocycles. The number of benzene rings is 1. The second kappa shape index (κ2) is 9.00. The molecule has 24 heavy (non-hydrogen) atoms. The lowest BCUT2D eigenvalue weighted by Crippen LogP contribution is -2.42. The quantitative estimate of drug-likeness (QED) is 0.787. The SMILES string of the molecule is CCC(C)N(CC(=O)Nc1cc(OC)c(OC)c(OC)c1)C(C)=O. The molecule has 1 aromatic rings. The average Bonchev–Trinajstić information content (AvgIpc) is 2.57. The van der Waals surface area contributed by atoms with Gasteiger partial charge in [-0.2, -0.15) is 0 Å². The molecule has 0 saturated heterocycles. The minimum atomic E-state index is -0.292. The van der Waals surface area contributed by atoms with Crippen LogP contribution in [0.25, 0.3) is 0 Å². The third kappa shape index (κ3) is 4.78. The van der Waals surface area contributed by atoms with Crippen molar-refractivity contribution in [2.75, 3.05) is 33.2 Å². The summed E-state index contributed by atoms with van der Waals surface area (Å²) in [6, 6.07) is 3.27. The fourth-order valence-corrected chi connectivity index (χ4v) is 2.31. The minimum Gasteiger partial charge on any atom is -0.493 e. The summed E-state index contributed by atoms with van der Waals surface area (Å²) in [4.78, 5) is 25.5. The zero-order valence-electron chi connectivity index (χ0n) is 15.1. The molecule has 7 heteroatoms. The molecule has 0 aliphatic rings. The van der Waals surface area contributed by atoms with E-state index in [1.807, 2.05) is 13.8 Å². The summed E-state index contributed by atoms with van der Waals surface area (Å²) in [7, 11) is 4.52. The molecule has 1 N–H and O–H groups in total. The number of anilines is 1. The first-order valence-electron chi connectivity index (χ1n) is 7.74. The van der Waals surface area contributed by atoms with Crippen LogP contribution in [0, 0.1) is 0 Å². The Kier molecular flexibility index (Phi) is 7.35. The maximum Gasteiger partial charge on any atom is 0.244 e. The number of nitrogens with zero attached hydrogens (tertiary/aromatic N) is 1. The molecule has 0 bridgehead atoms. The van der Waals surface area contributed by atoms with E-state index in [-0.39, 0.29) is 24.4 Å². The van der Waals surface area contributed by atoms with Crippen LogP contribution >= 0.6 is 0 Å². The van der Waals surface area contributed by atoms with Crippen LogP contribution in [-0.2, 0) is 9.59 Å². The van der Waals surface area contributed by atoms with Crippen molar-refractivity contribution >= 4 is 17.5 Å². The summed E-state index contributed by atoms with van der Waals surface area (Å²) in [5, 5.41) is 2.76. The Morgan fingerprint density at radius 2 is 1.67 bits per heavy atom. The van der Waals surface area contributed by atoms with Crippen molar-refractivity contribution in [3.05, 3.63) is 12.1 Å². The number of amides is 2. The van der Waals surface area contributed by atoms with Crippen molar-refractivity contribution in [3.8, 4) is 17.2 Å². The molecular weight excluding hydrogens is 312 g/mol. The van der Waals surface area contributed by atoms with Crippen LogP contribution in [0.15, 0.2) is 12.1 Å². The zero-order chi connectivity index (χ0) is 18.3. The number of ether oxygens (including phenoxy) is 3. The van der Waals surface area contributed by atoms with E-state index in [1.165, 1.54) is 33.2 Å². The summed E-state index contributed by atoms with van der Waals surface area (Å²) in [5.41, 5.74) is 0.502. The van der Waals surface area contributed by atoms with Crippen LogP contribution in [0.1, 0.15) is 27.2 Å². The van der Waals surface area contributed by atoms with E-state index < -0.39 is 0 Å². The molecular formula is C17H26N2O5. The van der Waals surface area contributed by atoms with Gasteiger partial charge in [-0.1, -0.05) is 6.92 Å². The van der Waals surface area contributed by atoms with Crippen LogP contribution in [0.2, 0.25) is 0 Å². The molecule has 134 valence electrons. The van der Waals surface area contributed by atoms with Gasteiger partial charge in [-0.25, -0.2) is 0 Å². The van der Waals surface area contributed by atoms with Gasteiger partial charge >= 0.3 is 0 Å². The number of nitrogens with one attached hydrogen (secondary N) is 1. The fraction of sp³-hybridized carbons (Fsp3) is 0.529. The van der Waals surface area contributed by atoms with E-state index in [9.17, 15) is 9.59 Å². The van der Waals surface area contributed by atoms with Crippen molar-refractivity contribution in [2.24, 2.45) is 0 Å². The van der Waals surface area contributed by atoms with E-state index in [0.717, 1.165) is 6.42 Å². The van der Waals surface area contributed by atoms with Crippen LogP contribution in [0.5, 0.6) is 17.2 Å². The number of rotatable bonds is 8. The van der Waals surface area contributed by atoms with Crippen LogP contribution in [0.4, 0.5) is 5.69 Å². The van der Waals surface area contributed by atoms with Gasteiger partial charge in [-0.3, -0.25) is 9.59 Å². The number of hydrogen-bond acceptors (Lipinski definition) is 5. The first-order valence-corrected chi connectivity index (χ1v) is 7.74. The maximum absolute atomic E-state index is 12.3. The van der Waals surface area contributed by atoms with Crippen molar-refractivity contribution in [1.29, 1.82) is 0 Å². The lowest BCUT2D eigenvalue weighted by atomic mass is 10.2. The van der Waals surface area contributed by atoms with Crippen molar-refractivity contribution in [1.82, 2.24) is 4.90 Å². The lowest BCUT2D eigenvalue weighted by Gasteiger charge is -2.26. The van der Waals surface area contributed by atoms with Crippen molar-refractivity contribution in [2.45, 2.75) is 33.2 Å². The van der Waals surface area contributed by atoms with E-state index >= 15 is 0 Å². The van der Waals surface area contributed by atoms with Gasteiger partial charge in [-0.15, -0.1) is 0 Å². The monoisotopic (exact) mass is 338 g/mol. The van der Waals surface area contributed by atoms with Crippen LogP contribution < -0.4 is 19.5 Å². The van der Waals surface area contributed by atoms with Gasteiger partial charge in [0.1, 0.15) is 6.54 Å². The van der Waals surface area contributed by atoms with Gasteiger partial charge < -0.3 is 24.4 Å². The Balaban J connectivity index is 2.95. The van der Waals surface area contributed by atoms with Crippen molar-refractivity contribution < 1.29 is 23.8 Å². The molecule has 1 aromatic carbocycles. The topological polar surface area (TPSA) is 77.1 Å². The largest absolute Gasteiger partial charge is 0.493 e. The molecule has 0 aromatic heterocycles. The number of methoxy groups -OCH3 is 3. The van der Waals surface area contributed by atoms with Gasteiger partial charge in [0.2, 0.25) is 17.6 Å². The fourth-order valence-electron chi connectivity index (χ4n) is 2.31. The minimum absolute atomic E-state index is 0.00631. The molecule has 1 atom stereocenters. The average molecular weight is 338 g/mol. The molecule has 0 radical (unpaired) electrons. The molecule has 0 aliphatic heterocycles. The second-order valence-corrected chi connectivity index (χ2v) is 5.37. The summed E-state index contributed by atoms with van der Waals surface area (Å²) in [6.45, 7) is 5.33. The standard InChI is InChI=1S/C17H26N2O5/c1-7-11(2)19(12(3)20)10-16(21)18-13-8-14(22-4)17(24-6)15(9-13)23-5/h8-9,11H,7,10H2,1-6H3,(H,18,21). The van der Waals surface area contributed by atoms with Gasteiger partial charge in [0, 0.05) is 30.8 Å². The molecule has 1 rings (SSSR count). The molecule has 7 nitrogen and oxygen atoms in total. The van der Waals surface area contributed by atoms with E-state index in [1.54, 1.807) is 12.1 Å². The summed E-state index contributed by atoms with van der Waals surface area (Å²) < 4.78 is 15.8. The molecule has 0 fully saturated rings. The Labute approximate surface area is 142 Å². The predicted octanol–water partition coefficient (Wildman–Crippen LogP) is 2.30. The van der Waals surface area contributed by atoms with E-state index in [0.29, 0.717) is 22.9 Å². The normalized spacial score (nSPS) is 11.4. The van der Waals surface area contributed by atoms with Gasteiger partial charge in [0.15, 0.2) is 11.5 Å². The van der Waals surface area contributed by atoms with E-state index in [2.05, 4.69) is 5.32 Å². The Bertz CT molecular complexity index is 563. The highest BCUT2D eigenvalue weighted by molar-refractivity contribution is 5.95. The highest BCUT2D eigenvalue weighted by Crippen LogP contribution is 2.39. The smallest absolute Gasteiger partial charge is 0.244 e. The summed E-state index contributed by atoms with van der Waals surface area (Å²) in [6.07, 6.45) is 0.775. The zero-order valence-corrected chi connectivity index (χ0v) is 15.1. The number of hydrogen-bond donors (Lipinski definition) is 1. The van der Waals surface area contributed by atoms with Gasteiger partial charge in [0.05, 0.1) is 21.3 Å². The lowest BCUT2D eigenvalue weighted by molar-refractivity contribution is -0.134. The molecule has 1 unspecified atom stereocenters. The van der Waals surface area contributed by atoms with Gasteiger partial charge in [-0.05, 0) is 13.3 Å². The summed E-state index contributed by atoms with van der Waals surface area (Å²) >= 11 is 0. The molecule has 0 spiro atoms. The number of carbonyl (C=O) groups excluding carboxylic acids is 2. The van der Waals surface area contributed by atoms with Crippen molar-refractivity contribution in [3.63, 3.8) is 0 Å². The Morgan fingerprint density at radius 1 is 1.12 bits per heavy atom. The van der Waals surface area contributed by atoms with Crippen LogP contribution in [-0.4, -0.2) is 50.6 Å². The number of carbonyl (C=O) groups is 2. The second-order valence-electron chi connectivity index (χ2n) is 5.37. The first kappa shape index (κ1) is 19.6. The first-order chi connectivity index (χ1) is 11.4. The molecule has 2 amide bonds. The predicted molar refractivity (Wildman–Crippen MR) is 91.9 cm³/mol. The van der Waals surface area contributed by atoms with Gasteiger partial charge in [0.25, 0.3) is 0 Å². The maximum atomic E-state index is 12.3. The molecule has 0 heterocycles. The third-order valence-electron chi connectivity index (χ3n) is 3.79.